The van der Waals surface area contributed by atoms with Crippen molar-refractivity contribution in [3.8, 4) is 22.9 Å². The lowest BCUT2D eigenvalue weighted by Gasteiger charge is -2.08. The van der Waals surface area contributed by atoms with Gasteiger partial charge in [0.05, 0.1) is 23.2 Å². The van der Waals surface area contributed by atoms with Crippen molar-refractivity contribution in [2.45, 2.75) is 25.3 Å². The van der Waals surface area contributed by atoms with Crippen molar-refractivity contribution in [1.82, 2.24) is 4.98 Å². The predicted octanol–water partition coefficient (Wildman–Crippen LogP) is 6.58. The van der Waals surface area contributed by atoms with Crippen LogP contribution in [0.15, 0.2) is 58.9 Å². The van der Waals surface area contributed by atoms with E-state index < -0.39 is 0 Å². The van der Waals surface area contributed by atoms with Gasteiger partial charge in [-0.05, 0) is 48.7 Å². The van der Waals surface area contributed by atoms with Crippen molar-refractivity contribution >= 4 is 44.9 Å². The summed E-state index contributed by atoms with van der Waals surface area (Å²) in [5.41, 5.74) is 5.53. The number of aromatic nitrogens is 1. The van der Waals surface area contributed by atoms with Gasteiger partial charge < -0.3 is 10.1 Å². The smallest absolute Gasteiger partial charge is 0.225 e. The first-order valence-corrected chi connectivity index (χ1v) is 12.3. The third-order valence-electron chi connectivity index (χ3n) is 5.36. The Morgan fingerprint density at radius 1 is 1.18 bits per heavy atom. The fraction of sp³-hybridized carbons (Fsp3) is 0.192. The summed E-state index contributed by atoms with van der Waals surface area (Å²) in [6.07, 6.45) is 0.331. The van der Waals surface area contributed by atoms with E-state index in [1.807, 2.05) is 35.7 Å². The number of rotatable bonds is 7. The highest BCUT2D eigenvalue weighted by atomic mass is 32.2. The molecule has 0 aliphatic heterocycles. The molecule has 7 heteroatoms. The van der Waals surface area contributed by atoms with Gasteiger partial charge in [-0.15, -0.1) is 23.1 Å². The number of fused-ring (bicyclic) bond motifs is 1. The number of carbonyl (C=O) groups is 1. The number of thiophene rings is 1. The van der Waals surface area contributed by atoms with E-state index in [-0.39, 0.29) is 5.91 Å². The molecule has 0 fully saturated rings. The average Bonchev–Trinajstić information content (AvgIpc) is 3.22. The van der Waals surface area contributed by atoms with Crippen LogP contribution in [0.5, 0.6) is 5.75 Å². The van der Waals surface area contributed by atoms with Crippen LogP contribution in [-0.2, 0) is 4.79 Å². The Labute approximate surface area is 201 Å². The van der Waals surface area contributed by atoms with Crippen molar-refractivity contribution < 1.29 is 9.53 Å². The first-order chi connectivity index (χ1) is 16.0. The first kappa shape index (κ1) is 22.8. The number of aryl methyl sites for hydroxylation is 2. The zero-order chi connectivity index (χ0) is 23.4. The molecule has 0 aliphatic carbocycles. The standard InChI is InChI=1S/C26H23N3O2S2/c1-16-5-4-6-20-17(2)13-24(29-25(16)20)32-12-11-23(30)28-26-21(14-27)22(15-33-26)18-7-9-19(31-3)10-8-18/h4-10,13,15H,11-12H2,1-3H3,(H,28,30). The fourth-order valence-corrected chi connectivity index (χ4v) is 5.43. The van der Waals surface area contributed by atoms with Crippen LogP contribution in [0.2, 0.25) is 0 Å². The topological polar surface area (TPSA) is 75.0 Å². The molecule has 4 rings (SSSR count). The molecule has 0 radical (unpaired) electrons. The number of nitrogens with zero attached hydrogens (tertiary/aromatic N) is 2. The van der Waals surface area contributed by atoms with Crippen molar-refractivity contribution in [2.24, 2.45) is 0 Å². The maximum Gasteiger partial charge on any atom is 0.225 e. The van der Waals surface area contributed by atoms with Crippen LogP contribution in [0.3, 0.4) is 0 Å². The average molecular weight is 474 g/mol. The van der Waals surface area contributed by atoms with Gasteiger partial charge in [0.25, 0.3) is 0 Å². The predicted molar refractivity (Wildman–Crippen MR) is 136 cm³/mol. The number of pyridine rings is 1. The zero-order valence-electron chi connectivity index (χ0n) is 18.6. The largest absolute Gasteiger partial charge is 0.497 e. The van der Waals surface area contributed by atoms with Crippen molar-refractivity contribution in [3.05, 3.63) is 70.6 Å². The Hall–Kier alpha value is -3.34. The minimum atomic E-state index is -0.115. The van der Waals surface area contributed by atoms with Crippen LogP contribution in [0, 0.1) is 25.2 Å². The molecule has 2 heterocycles. The van der Waals surface area contributed by atoms with E-state index in [0.29, 0.717) is 22.7 Å². The molecule has 166 valence electrons. The van der Waals surface area contributed by atoms with Gasteiger partial charge in [-0.25, -0.2) is 4.98 Å². The Balaban J connectivity index is 1.40. The molecule has 5 nitrogen and oxygen atoms in total. The summed E-state index contributed by atoms with van der Waals surface area (Å²) in [5.74, 6) is 1.24. The van der Waals surface area contributed by atoms with Crippen LogP contribution in [0.4, 0.5) is 5.00 Å². The fourth-order valence-electron chi connectivity index (χ4n) is 3.59. The van der Waals surface area contributed by atoms with E-state index >= 15 is 0 Å². The van der Waals surface area contributed by atoms with Gasteiger partial charge in [0, 0.05) is 28.5 Å². The van der Waals surface area contributed by atoms with Gasteiger partial charge in [-0.2, -0.15) is 5.26 Å². The van der Waals surface area contributed by atoms with Crippen molar-refractivity contribution in [2.75, 3.05) is 18.2 Å². The molecule has 0 unspecified atom stereocenters. The van der Waals surface area contributed by atoms with Gasteiger partial charge in [0.15, 0.2) is 0 Å². The third kappa shape index (κ3) is 5.03. The molecule has 0 atom stereocenters. The molecule has 0 bridgehead atoms. The first-order valence-electron chi connectivity index (χ1n) is 10.5. The Kier molecular flexibility index (Phi) is 6.97. The molecule has 4 aromatic rings. The summed E-state index contributed by atoms with van der Waals surface area (Å²) in [4.78, 5) is 17.3. The highest BCUT2D eigenvalue weighted by Crippen LogP contribution is 2.36. The van der Waals surface area contributed by atoms with Crippen LogP contribution in [0.1, 0.15) is 23.1 Å². The summed E-state index contributed by atoms with van der Waals surface area (Å²) in [6, 6.07) is 18.0. The second kappa shape index (κ2) is 10.1. The number of nitrogens with one attached hydrogen (secondary N) is 1. The number of para-hydroxylation sites is 1. The number of amides is 1. The Morgan fingerprint density at radius 3 is 2.70 bits per heavy atom. The summed E-state index contributed by atoms with van der Waals surface area (Å²) in [6.45, 7) is 4.14. The van der Waals surface area contributed by atoms with Gasteiger partial charge in [0.2, 0.25) is 5.91 Å². The zero-order valence-corrected chi connectivity index (χ0v) is 20.3. The molecule has 1 N–H and O–H groups in total. The number of benzene rings is 2. The molecular weight excluding hydrogens is 450 g/mol. The van der Waals surface area contributed by atoms with Gasteiger partial charge in [0.1, 0.15) is 16.8 Å². The highest BCUT2D eigenvalue weighted by molar-refractivity contribution is 7.99. The number of hydrogen-bond acceptors (Lipinski definition) is 6. The molecule has 33 heavy (non-hydrogen) atoms. The molecule has 0 saturated carbocycles. The van der Waals surface area contributed by atoms with E-state index in [1.165, 1.54) is 16.9 Å². The number of carbonyl (C=O) groups excluding carboxylic acids is 1. The molecule has 0 spiro atoms. The van der Waals surface area contributed by atoms with Crippen LogP contribution >= 0.6 is 23.1 Å². The number of anilines is 1. The van der Waals surface area contributed by atoms with E-state index in [4.69, 9.17) is 9.72 Å². The molecule has 0 saturated heterocycles. The minimum Gasteiger partial charge on any atom is -0.497 e. The molecular formula is C26H23N3O2S2. The Morgan fingerprint density at radius 2 is 1.97 bits per heavy atom. The third-order valence-corrected chi connectivity index (χ3v) is 7.17. The van der Waals surface area contributed by atoms with E-state index in [1.54, 1.807) is 18.9 Å². The van der Waals surface area contributed by atoms with Crippen LogP contribution in [-0.4, -0.2) is 23.8 Å². The number of methoxy groups -OCH3 is 1. The van der Waals surface area contributed by atoms with Crippen molar-refractivity contribution in [1.29, 1.82) is 5.26 Å². The lowest BCUT2D eigenvalue weighted by molar-refractivity contribution is -0.115. The summed E-state index contributed by atoms with van der Waals surface area (Å²) < 4.78 is 5.20. The maximum absolute atomic E-state index is 12.6. The van der Waals surface area contributed by atoms with Gasteiger partial charge in [-0.3, -0.25) is 4.79 Å². The molecule has 2 aromatic heterocycles. The molecule has 2 aromatic carbocycles. The summed E-state index contributed by atoms with van der Waals surface area (Å²) in [7, 11) is 1.62. The second-order valence-corrected chi connectivity index (χ2v) is 9.58. The normalized spacial score (nSPS) is 10.7. The van der Waals surface area contributed by atoms with Gasteiger partial charge in [-0.1, -0.05) is 30.3 Å². The summed E-state index contributed by atoms with van der Waals surface area (Å²) >= 11 is 2.93. The lowest BCUT2D eigenvalue weighted by atomic mass is 10.0. The van der Waals surface area contributed by atoms with Gasteiger partial charge >= 0.3 is 0 Å². The van der Waals surface area contributed by atoms with E-state index in [0.717, 1.165) is 38.4 Å². The lowest BCUT2D eigenvalue weighted by Crippen LogP contribution is -2.12. The molecule has 1 amide bonds. The monoisotopic (exact) mass is 473 g/mol. The van der Waals surface area contributed by atoms with Crippen molar-refractivity contribution in [3.63, 3.8) is 0 Å². The van der Waals surface area contributed by atoms with Crippen LogP contribution in [0.25, 0.3) is 22.0 Å². The molecule has 0 aliphatic rings. The SMILES string of the molecule is COc1ccc(-c2csc(NC(=O)CCSc3cc(C)c4cccc(C)c4n3)c2C#N)cc1. The second-order valence-electron chi connectivity index (χ2n) is 7.59. The summed E-state index contributed by atoms with van der Waals surface area (Å²) in [5, 5.41) is 17.1. The number of nitriles is 1. The van der Waals surface area contributed by atoms with E-state index in [9.17, 15) is 10.1 Å². The maximum atomic E-state index is 12.6. The highest BCUT2D eigenvalue weighted by Gasteiger charge is 2.16. The number of thioether (sulfide) groups is 1. The Bertz CT molecular complexity index is 1350. The number of hydrogen-bond donors (Lipinski definition) is 1. The van der Waals surface area contributed by atoms with E-state index in [2.05, 4.69) is 43.4 Å². The number of ether oxygens (including phenoxy) is 1. The van der Waals surface area contributed by atoms with Crippen LogP contribution < -0.4 is 10.1 Å². The minimum absolute atomic E-state index is 0.115. The quantitative estimate of drug-likeness (QED) is 0.307.